The van der Waals surface area contributed by atoms with E-state index >= 15 is 0 Å². The third kappa shape index (κ3) is 3.32. The molecule has 2 N–H and O–H groups in total. The average Bonchev–Trinajstić information content (AvgIpc) is 2.27. The highest BCUT2D eigenvalue weighted by atomic mass is 16.3. The monoisotopic (exact) mass is 221 g/mol. The van der Waals surface area contributed by atoms with Crippen molar-refractivity contribution in [3.05, 3.63) is 34.9 Å². The minimum absolute atomic E-state index is 0.237. The third-order valence-corrected chi connectivity index (χ3v) is 3.39. The van der Waals surface area contributed by atoms with Crippen LogP contribution in [0.4, 0.5) is 0 Å². The smallest absolute Gasteiger partial charge is 0.0471 e. The standard InChI is InChI=1S/C14H23NO/c1-10-6-5-7-11(2)14(10)8-15-13(4)12(3)9-16/h5-7,12-13,15-16H,8-9H2,1-4H3. The number of benzene rings is 1. The minimum atomic E-state index is 0.237. The number of aliphatic hydroxyl groups excluding tert-OH is 1. The first-order chi connectivity index (χ1) is 7.56. The first-order valence-electron chi connectivity index (χ1n) is 5.95. The fraction of sp³-hybridized carbons (Fsp3) is 0.571. The number of rotatable bonds is 5. The lowest BCUT2D eigenvalue weighted by Gasteiger charge is -2.20. The Morgan fingerprint density at radius 1 is 1.19 bits per heavy atom. The molecule has 0 aromatic heterocycles. The largest absolute Gasteiger partial charge is 0.396 e. The average molecular weight is 221 g/mol. The minimum Gasteiger partial charge on any atom is -0.396 e. The second-order valence-corrected chi connectivity index (χ2v) is 4.70. The van der Waals surface area contributed by atoms with Gasteiger partial charge in [-0.2, -0.15) is 0 Å². The topological polar surface area (TPSA) is 32.3 Å². The highest BCUT2D eigenvalue weighted by Crippen LogP contribution is 2.13. The molecule has 16 heavy (non-hydrogen) atoms. The highest BCUT2D eigenvalue weighted by molar-refractivity contribution is 5.33. The Kier molecular flexibility index (Phi) is 4.97. The summed E-state index contributed by atoms with van der Waals surface area (Å²) >= 11 is 0. The van der Waals surface area contributed by atoms with Crippen LogP contribution in [0.3, 0.4) is 0 Å². The summed E-state index contributed by atoms with van der Waals surface area (Å²) in [5, 5.41) is 12.5. The maximum atomic E-state index is 9.07. The van der Waals surface area contributed by atoms with Crippen LogP contribution in [-0.4, -0.2) is 17.8 Å². The molecular weight excluding hydrogens is 198 g/mol. The van der Waals surface area contributed by atoms with E-state index in [4.69, 9.17) is 5.11 Å². The van der Waals surface area contributed by atoms with Gasteiger partial charge in [-0.25, -0.2) is 0 Å². The summed E-state index contributed by atoms with van der Waals surface area (Å²) in [5.74, 6) is 0.296. The van der Waals surface area contributed by atoms with E-state index in [1.807, 2.05) is 0 Å². The fourth-order valence-corrected chi connectivity index (χ4v) is 1.75. The highest BCUT2D eigenvalue weighted by Gasteiger charge is 2.11. The van der Waals surface area contributed by atoms with Crippen molar-refractivity contribution in [3.8, 4) is 0 Å². The summed E-state index contributed by atoms with van der Waals surface area (Å²) in [6.07, 6.45) is 0. The molecule has 0 amide bonds. The lowest BCUT2D eigenvalue weighted by molar-refractivity contribution is 0.207. The van der Waals surface area contributed by atoms with Gasteiger partial charge in [-0.05, 0) is 43.4 Å². The third-order valence-electron chi connectivity index (χ3n) is 3.39. The summed E-state index contributed by atoms with van der Waals surface area (Å²) in [6, 6.07) is 6.71. The predicted molar refractivity (Wildman–Crippen MR) is 68.5 cm³/mol. The lowest BCUT2D eigenvalue weighted by atomic mass is 10.0. The Balaban J connectivity index is 2.61. The molecule has 0 aliphatic carbocycles. The van der Waals surface area contributed by atoms with Crippen molar-refractivity contribution in [1.29, 1.82) is 0 Å². The predicted octanol–water partition coefficient (Wildman–Crippen LogP) is 2.41. The lowest BCUT2D eigenvalue weighted by Crippen LogP contribution is -2.33. The molecule has 2 heteroatoms. The molecule has 0 saturated carbocycles. The van der Waals surface area contributed by atoms with Crippen molar-refractivity contribution in [2.45, 2.75) is 40.3 Å². The van der Waals surface area contributed by atoms with Gasteiger partial charge in [0, 0.05) is 19.2 Å². The molecule has 2 unspecified atom stereocenters. The van der Waals surface area contributed by atoms with Crippen LogP contribution in [0, 0.1) is 19.8 Å². The zero-order valence-corrected chi connectivity index (χ0v) is 10.7. The van der Waals surface area contributed by atoms with Crippen molar-refractivity contribution in [2.75, 3.05) is 6.61 Å². The number of hydrogen-bond donors (Lipinski definition) is 2. The molecule has 1 aromatic rings. The molecule has 0 aliphatic rings. The van der Waals surface area contributed by atoms with Crippen LogP contribution in [0.2, 0.25) is 0 Å². The number of aryl methyl sites for hydroxylation is 2. The summed E-state index contributed by atoms with van der Waals surface area (Å²) in [6.45, 7) is 9.58. The van der Waals surface area contributed by atoms with Gasteiger partial charge in [0.2, 0.25) is 0 Å². The van der Waals surface area contributed by atoms with Crippen molar-refractivity contribution in [3.63, 3.8) is 0 Å². The van der Waals surface area contributed by atoms with E-state index in [9.17, 15) is 0 Å². The van der Waals surface area contributed by atoms with E-state index < -0.39 is 0 Å². The van der Waals surface area contributed by atoms with Crippen LogP contribution in [-0.2, 0) is 6.54 Å². The Morgan fingerprint density at radius 3 is 2.25 bits per heavy atom. The van der Waals surface area contributed by atoms with Crippen molar-refractivity contribution in [2.24, 2.45) is 5.92 Å². The van der Waals surface area contributed by atoms with Gasteiger partial charge >= 0.3 is 0 Å². The van der Waals surface area contributed by atoms with Crippen LogP contribution in [0.25, 0.3) is 0 Å². The summed E-state index contributed by atoms with van der Waals surface area (Å²) in [7, 11) is 0. The van der Waals surface area contributed by atoms with E-state index in [0.29, 0.717) is 12.0 Å². The second kappa shape index (κ2) is 6.02. The molecule has 90 valence electrons. The Labute approximate surface area is 98.7 Å². The van der Waals surface area contributed by atoms with Crippen LogP contribution in [0.1, 0.15) is 30.5 Å². The molecule has 0 heterocycles. The SMILES string of the molecule is Cc1cccc(C)c1CNC(C)C(C)CO. The molecule has 0 spiro atoms. The van der Waals surface area contributed by atoms with Gasteiger partial charge in [0.15, 0.2) is 0 Å². The van der Waals surface area contributed by atoms with E-state index in [2.05, 4.69) is 51.2 Å². The van der Waals surface area contributed by atoms with Gasteiger partial charge < -0.3 is 10.4 Å². The maximum Gasteiger partial charge on any atom is 0.0471 e. The Bertz CT molecular complexity index is 315. The van der Waals surface area contributed by atoms with Gasteiger partial charge in [0.1, 0.15) is 0 Å². The van der Waals surface area contributed by atoms with Gasteiger partial charge in [-0.3, -0.25) is 0 Å². The zero-order valence-electron chi connectivity index (χ0n) is 10.7. The van der Waals surface area contributed by atoms with Crippen LogP contribution in [0.5, 0.6) is 0 Å². The fourth-order valence-electron chi connectivity index (χ4n) is 1.75. The molecule has 0 saturated heterocycles. The van der Waals surface area contributed by atoms with E-state index in [1.54, 1.807) is 0 Å². The number of nitrogens with one attached hydrogen (secondary N) is 1. The summed E-state index contributed by atoms with van der Waals surface area (Å²) in [4.78, 5) is 0. The number of hydrogen-bond acceptors (Lipinski definition) is 2. The van der Waals surface area contributed by atoms with Gasteiger partial charge in [0.25, 0.3) is 0 Å². The first-order valence-corrected chi connectivity index (χ1v) is 5.95. The van der Waals surface area contributed by atoms with Gasteiger partial charge in [-0.15, -0.1) is 0 Å². The Morgan fingerprint density at radius 2 is 1.75 bits per heavy atom. The molecule has 0 aliphatic heterocycles. The van der Waals surface area contributed by atoms with Gasteiger partial charge in [0.05, 0.1) is 0 Å². The quantitative estimate of drug-likeness (QED) is 0.800. The Hall–Kier alpha value is -0.860. The molecule has 0 bridgehead atoms. The molecule has 0 radical (unpaired) electrons. The van der Waals surface area contributed by atoms with Gasteiger partial charge in [-0.1, -0.05) is 25.1 Å². The molecule has 1 rings (SSSR count). The molecule has 1 aromatic carbocycles. The summed E-state index contributed by atoms with van der Waals surface area (Å²) in [5.41, 5.74) is 4.03. The zero-order chi connectivity index (χ0) is 12.1. The summed E-state index contributed by atoms with van der Waals surface area (Å²) < 4.78 is 0. The van der Waals surface area contributed by atoms with Crippen molar-refractivity contribution < 1.29 is 5.11 Å². The second-order valence-electron chi connectivity index (χ2n) is 4.70. The van der Waals surface area contributed by atoms with Crippen molar-refractivity contribution >= 4 is 0 Å². The molecule has 2 nitrogen and oxygen atoms in total. The maximum absolute atomic E-state index is 9.07. The van der Waals surface area contributed by atoms with Crippen LogP contribution in [0.15, 0.2) is 18.2 Å². The van der Waals surface area contributed by atoms with Crippen LogP contribution >= 0.6 is 0 Å². The van der Waals surface area contributed by atoms with Crippen molar-refractivity contribution in [1.82, 2.24) is 5.32 Å². The normalized spacial score (nSPS) is 14.8. The van der Waals surface area contributed by atoms with E-state index in [-0.39, 0.29) is 6.61 Å². The number of aliphatic hydroxyl groups is 1. The van der Waals surface area contributed by atoms with E-state index in [1.165, 1.54) is 16.7 Å². The molecular formula is C14H23NO. The van der Waals surface area contributed by atoms with Crippen LogP contribution < -0.4 is 5.32 Å². The molecule has 0 fully saturated rings. The van der Waals surface area contributed by atoms with E-state index in [0.717, 1.165) is 6.54 Å². The molecule has 2 atom stereocenters. The first kappa shape index (κ1) is 13.2.